The summed E-state index contributed by atoms with van der Waals surface area (Å²) in [7, 11) is 0. The molecule has 1 unspecified atom stereocenters. The largest absolute Gasteiger partial charge is 0.385 e. The first-order chi connectivity index (χ1) is 6.20. The van der Waals surface area contributed by atoms with E-state index in [4.69, 9.17) is 15.9 Å². The highest BCUT2D eigenvalue weighted by molar-refractivity contribution is 7.09. The summed E-state index contributed by atoms with van der Waals surface area (Å²) in [5, 5.41) is 9.15. The monoisotopic (exact) mass is 198 g/mol. The minimum absolute atomic E-state index is 0.0891. The van der Waals surface area contributed by atoms with Crippen LogP contribution in [-0.2, 0) is 11.2 Å². The van der Waals surface area contributed by atoms with Gasteiger partial charge >= 0.3 is 0 Å². The Morgan fingerprint density at radius 2 is 2.54 bits per heavy atom. The van der Waals surface area contributed by atoms with Crippen LogP contribution >= 0.6 is 11.3 Å². The van der Waals surface area contributed by atoms with E-state index >= 15 is 0 Å². The Morgan fingerprint density at radius 1 is 1.77 bits per heavy atom. The zero-order chi connectivity index (χ0) is 9.68. The van der Waals surface area contributed by atoms with E-state index in [2.05, 4.69) is 6.07 Å². The fraction of sp³-hybridized carbons (Fsp3) is 0.444. The number of nitrogens with one attached hydrogen (secondary N) is 1. The Balaban J connectivity index is 2.18. The molecule has 0 amide bonds. The molecule has 1 atom stereocenters. The molecule has 1 aromatic rings. The molecule has 3 nitrogen and oxygen atoms in total. The second-order valence-corrected chi connectivity index (χ2v) is 3.83. The maximum Gasteiger partial charge on any atom is 0.120 e. The lowest BCUT2D eigenvalue weighted by molar-refractivity contribution is 0.111. The molecule has 13 heavy (non-hydrogen) atoms. The molecular weight excluding hydrogens is 184 g/mol. The molecule has 0 aromatic carbocycles. The highest BCUT2D eigenvalue weighted by Gasteiger charge is 2.04. The van der Waals surface area contributed by atoms with Crippen molar-refractivity contribution in [3.8, 4) is 0 Å². The lowest BCUT2D eigenvalue weighted by Gasteiger charge is -2.09. The van der Waals surface area contributed by atoms with Gasteiger partial charge in [0.1, 0.15) is 11.9 Å². The molecule has 1 heterocycles. The second kappa shape index (κ2) is 4.99. The van der Waals surface area contributed by atoms with Crippen LogP contribution in [-0.4, -0.2) is 18.5 Å². The molecule has 3 N–H and O–H groups in total. The molecule has 0 radical (unpaired) electrons. The fourth-order valence-electron chi connectivity index (χ4n) is 0.881. The van der Waals surface area contributed by atoms with Crippen LogP contribution < -0.4 is 5.73 Å². The number of thiophene rings is 1. The van der Waals surface area contributed by atoms with E-state index in [0.29, 0.717) is 6.61 Å². The van der Waals surface area contributed by atoms with Crippen molar-refractivity contribution in [2.75, 3.05) is 6.61 Å². The van der Waals surface area contributed by atoms with E-state index in [1.165, 1.54) is 4.88 Å². The van der Waals surface area contributed by atoms with E-state index < -0.39 is 0 Å². The van der Waals surface area contributed by atoms with Crippen LogP contribution in [0.2, 0.25) is 0 Å². The number of rotatable bonds is 5. The quantitative estimate of drug-likeness (QED) is 0.558. The maximum absolute atomic E-state index is 7.11. The zero-order valence-electron chi connectivity index (χ0n) is 7.62. The number of hydrogen-bond donors (Lipinski definition) is 2. The molecule has 4 heteroatoms. The maximum atomic E-state index is 7.11. The van der Waals surface area contributed by atoms with Crippen LogP contribution in [0, 0.1) is 5.41 Å². The summed E-state index contributed by atoms with van der Waals surface area (Å²) >= 11 is 1.72. The molecule has 72 valence electrons. The van der Waals surface area contributed by atoms with Gasteiger partial charge in [0.05, 0.1) is 6.61 Å². The first-order valence-electron chi connectivity index (χ1n) is 4.18. The SMILES string of the molecule is CC(OCCc1cccs1)C(=N)N. The molecule has 0 saturated heterocycles. The molecule has 0 aliphatic heterocycles. The van der Waals surface area contributed by atoms with Crippen molar-refractivity contribution in [3.63, 3.8) is 0 Å². The molecule has 0 bridgehead atoms. The van der Waals surface area contributed by atoms with E-state index in [-0.39, 0.29) is 11.9 Å². The van der Waals surface area contributed by atoms with Gasteiger partial charge in [-0.05, 0) is 18.4 Å². The fourth-order valence-corrected chi connectivity index (χ4v) is 1.57. The highest BCUT2D eigenvalue weighted by Crippen LogP contribution is 2.09. The molecule has 0 saturated carbocycles. The summed E-state index contributed by atoms with van der Waals surface area (Å²) in [4.78, 5) is 1.30. The topological polar surface area (TPSA) is 59.1 Å². The number of amidine groups is 1. The van der Waals surface area contributed by atoms with Crippen molar-refractivity contribution in [3.05, 3.63) is 22.4 Å². The summed E-state index contributed by atoms with van der Waals surface area (Å²) in [6, 6.07) is 4.10. The first-order valence-corrected chi connectivity index (χ1v) is 5.06. The van der Waals surface area contributed by atoms with Gasteiger partial charge in [-0.3, -0.25) is 5.41 Å². The Hall–Kier alpha value is -0.870. The number of ether oxygens (including phenoxy) is 1. The van der Waals surface area contributed by atoms with Gasteiger partial charge in [-0.2, -0.15) is 0 Å². The van der Waals surface area contributed by atoms with Crippen LogP contribution in [0.3, 0.4) is 0 Å². The van der Waals surface area contributed by atoms with Crippen LogP contribution in [0.5, 0.6) is 0 Å². The zero-order valence-corrected chi connectivity index (χ0v) is 8.43. The Labute approximate surface area is 82.0 Å². The summed E-state index contributed by atoms with van der Waals surface area (Å²) in [6.45, 7) is 2.41. The van der Waals surface area contributed by atoms with Gasteiger partial charge in [0, 0.05) is 11.3 Å². The minimum atomic E-state index is -0.264. The van der Waals surface area contributed by atoms with Crippen LogP contribution in [0.15, 0.2) is 17.5 Å². The summed E-state index contributed by atoms with van der Waals surface area (Å²) < 4.78 is 5.33. The predicted octanol–water partition coefficient (Wildman–Crippen LogP) is 1.63. The van der Waals surface area contributed by atoms with Gasteiger partial charge in [0.2, 0.25) is 0 Å². The Morgan fingerprint density at radius 3 is 3.08 bits per heavy atom. The third kappa shape index (κ3) is 3.57. The Kier molecular flexibility index (Phi) is 3.92. The normalized spacial score (nSPS) is 12.7. The number of nitrogens with two attached hydrogens (primary N) is 1. The van der Waals surface area contributed by atoms with Gasteiger partial charge in [-0.1, -0.05) is 6.07 Å². The van der Waals surface area contributed by atoms with Gasteiger partial charge in [-0.15, -0.1) is 11.3 Å². The van der Waals surface area contributed by atoms with Crippen molar-refractivity contribution in [1.82, 2.24) is 0 Å². The standard InChI is InChI=1S/C9H14N2OS/c1-7(9(10)11)12-5-4-8-3-2-6-13-8/h2-3,6-7H,4-5H2,1H3,(H3,10,11). The molecular formula is C9H14N2OS. The highest BCUT2D eigenvalue weighted by atomic mass is 32.1. The Bertz CT molecular complexity index is 259. The average molecular weight is 198 g/mol. The van der Waals surface area contributed by atoms with Crippen molar-refractivity contribution >= 4 is 17.2 Å². The lowest BCUT2D eigenvalue weighted by atomic mass is 10.3. The average Bonchev–Trinajstić information content (AvgIpc) is 2.56. The van der Waals surface area contributed by atoms with Gasteiger partial charge in [-0.25, -0.2) is 0 Å². The third-order valence-corrected chi connectivity index (χ3v) is 2.67. The van der Waals surface area contributed by atoms with Gasteiger partial charge in [0.25, 0.3) is 0 Å². The van der Waals surface area contributed by atoms with Gasteiger partial charge in [0.15, 0.2) is 0 Å². The van der Waals surface area contributed by atoms with E-state index in [0.717, 1.165) is 6.42 Å². The lowest BCUT2D eigenvalue weighted by Crippen LogP contribution is -2.28. The minimum Gasteiger partial charge on any atom is -0.385 e. The molecule has 1 aromatic heterocycles. The second-order valence-electron chi connectivity index (χ2n) is 2.80. The predicted molar refractivity (Wildman–Crippen MR) is 55.4 cm³/mol. The van der Waals surface area contributed by atoms with E-state index in [1.54, 1.807) is 18.3 Å². The van der Waals surface area contributed by atoms with Crippen LogP contribution in [0.4, 0.5) is 0 Å². The molecule has 0 fully saturated rings. The van der Waals surface area contributed by atoms with E-state index in [1.807, 2.05) is 11.4 Å². The van der Waals surface area contributed by atoms with Crippen LogP contribution in [0.25, 0.3) is 0 Å². The van der Waals surface area contributed by atoms with Crippen molar-refractivity contribution in [1.29, 1.82) is 5.41 Å². The summed E-state index contributed by atoms with van der Waals surface area (Å²) in [5.41, 5.74) is 5.26. The van der Waals surface area contributed by atoms with Gasteiger partial charge < -0.3 is 10.5 Å². The van der Waals surface area contributed by atoms with Crippen molar-refractivity contribution in [2.45, 2.75) is 19.4 Å². The van der Waals surface area contributed by atoms with E-state index in [9.17, 15) is 0 Å². The van der Waals surface area contributed by atoms with Crippen LogP contribution in [0.1, 0.15) is 11.8 Å². The van der Waals surface area contributed by atoms with Crippen molar-refractivity contribution < 1.29 is 4.74 Å². The number of hydrogen-bond acceptors (Lipinski definition) is 3. The smallest absolute Gasteiger partial charge is 0.120 e. The summed E-state index contributed by atoms with van der Waals surface area (Å²) in [6.07, 6.45) is 0.634. The molecule has 0 aliphatic carbocycles. The first kappa shape index (κ1) is 10.2. The third-order valence-electron chi connectivity index (χ3n) is 1.73. The molecule has 0 spiro atoms. The molecule has 0 aliphatic rings. The summed E-state index contributed by atoms with van der Waals surface area (Å²) in [5.74, 6) is 0.0891. The molecule has 1 rings (SSSR count). The van der Waals surface area contributed by atoms with Crippen molar-refractivity contribution in [2.24, 2.45) is 5.73 Å².